The van der Waals surface area contributed by atoms with Crippen LogP contribution < -0.4 is 4.74 Å². The molecule has 0 bridgehead atoms. The number of benzene rings is 3. The number of hydrogen-bond donors (Lipinski definition) is 0. The molecule has 0 spiro atoms. The van der Waals surface area contributed by atoms with Crippen LogP contribution in [-0.4, -0.2) is 12.8 Å². The first-order valence-electron chi connectivity index (χ1n) is 9.94. The predicted molar refractivity (Wildman–Crippen MR) is 114 cm³/mol. The maximum atomic E-state index is 14.5. The van der Waals surface area contributed by atoms with E-state index < -0.39 is 12.0 Å². The minimum absolute atomic E-state index is 0.121. The van der Waals surface area contributed by atoms with E-state index in [1.165, 1.54) is 11.6 Å². The highest BCUT2D eigenvalue weighted by atomic mass is 19.1. The second kappa shape index (κ2) is 9.87. The molecule has 0 saturated heterocycles. The normalized spacial score (nSPS) is 10.6. The summed E-state index contributed by atoms with van der Waals surface area (Å²) in [6, 6.07) is 20.6. The molecule has 4 heteroatoms. The molecule has 3 aromatic rings. The maximum absolute atomic E-state index is 14.5. The quantitative estimate of drug-likeness (QED) is 0.320. The highest BCUT2D eigenvalue weighted by molar-refractivity contribution is 5.72. The summed E-state index contributed by atoms with van der Waals surface area (Å²) in [5, 5.41) is 0. The molecule has 0 fully saturated rings. The standard InChI is InChI=1S/C25H25FO3/c1-3-5-18-6-8-19(9-7-18)20-10-12-21(13-11-20)23-15-14-22(17-24(23)26)29-25(27)28-16-4-2/h6-15,17H,3-5,16H2,1-2H3. The van der Waals surface area contributed by atoms with Gasteiger partial charge in [-0.25, -0.2) is 9.18 Å². The Morgan fingerprint density at radius 3 is 2.03 bits per heavy atom. The molecule has 29 heavy (non-hydrogen) atoms. The van der Waals surface area contributed by atoms with Crippen molar-refractivity contribution in [2.75, 3.05) is 6.61 Å². The molecule has 0 atom stereocenters. The average Bonchev–Trinajstić information content (AvgIpc) is 2.73. The van der Waals surface area contributed by atoms with Gasteiger partial charge in [-0.2, -0.15) is 0 Å². The molecule has 3 aromatic carbocycles. The summed E-state index contributed by atoms with van der Waals surface area (Å²) in [5.74, 6) is -0.335. The summed E-state index contributed by atoms with van der Waals surface area (Å²) in [5.41, 5.74) is 4.75. The van der Waals surface area contributed by atoms with Crippen molar-refractivity contribution in [1.29, 1.82) is 0 Å². The SMILES string of the molecule is CCCOC(=O)Oc1ccc(-c2ccc(-c3ccc(CCC)cc3)cc2)c(F)c1. The van der Waals surface area contributed by atoms with Gasteiger partial charge < -0.3 is 9.47 Å². The Bertz CT molecular complexity index is 947. The molecule has 0 amide bonds. The van der Waals surface area contributed by atoms with Gasteiger partial charge >= 0.3 is 6.16 Å². The summed E-state index contributed by atoms with van der Waals surface area (Å²) < 4.78 is 24.4. The van der Waals surface area contributed by atoms with E-state index in [1.807, 2.05) is 31.2 Å². The van der Waals surface area contributed by atoms with E-state index in [1.54, 1.807) is 12.1 Å². The first-order chi connectivity index (χ1) is 14.1. The van der Waals surface area contributed by atoms with Gasteiger partial charge in [-0.15, -0.1) is 0 Å². The van der Waals surface area contributed by atoms with E-state index in [-0.39, 0.29) is 12.4 Å². The van der Waals surface area contributed by atoms with Crippen molar-refractivity contribution in [2.24, 2.45) is 0 Å². The van der Waals surface area contributed by atoms with Gasteiger partial charge in [-0.3, -0.25) is 0 Å². The van der Waals surface area contributed by atoms with Crippen LogP contribution in [0.15, 0.2) is 66.7 Å². The van der Waals surface area contributed by atoms with Gasteiger partial charge in [0.1, 0.15) is 11.6 Å². The number of carbonyl (C=O) groups excluding carboxylic acids is 1. The van der Waals surface area contributed by atoms with Crippen LogP contribution in [0.5, 0.6) is 5.75 Å². The lowest BCUT2D eigenvalue weighted by atomic mass is 9.98. The Kier molecular flexibility index (Phi) is 7.01. The zero-order valence-electron chi connectivity index (χ0n) is 16.8. The van der Waals surface area contributed by atoms with Gasteiger partial charge in [0, 0.05) is 11.6 Å². The fourth-order valence-corrected chi connectivity index (χ4v) is 3.10. The molecular weight excluding hydrogens is 367 g/mol. The molecule has 0 saturated carbocycles. The molecule has 0 aliphatic carbocycles. The van der Waals surface area contributed by atoms with E-state index >= 15 is 0 Å². The summed E-state index contributed by atoms with van der Waals surface area (Å²) in [6.45, 7) is 4.32. The number of hydrogen-bond acceptors (Lipinski definition) is 3. The largest absolute Gasteiger partial charge is 0.513 e. The van der Waals surface area contributed by atoms with Crippen LogP contribution in [0.2, 0.25) is 0 Å². The van der Waals surface area contributed by atoms with E-state index in [4.69, 9.17) is 9.47 Å². The molecule has 3 nitrogen and oxygen atoms in total. The fourth-order valence-electron chi connectivity index (χ4n) is 3.10. The second-order valence-corrected chi connectivity index (χ2v) is 6.87. The fraction of sp³-hybridized carbons (Fsp3) is 0.240. The molecule has 3 rings (SSSR count). The highest BCUT2D eigenvalue weighted by Gasteiger charge is 2.11. The van der Waals surface area contributed by atoms with Crippen molar-refractivity contribution in [3.05, 3.63) is 78.1 Å². The van der Waals surface area contributed by atoms with Gasteiger partial charge in [0.15, 0.2) is 0 Å². The number of halogens is 1. The van der Waals surface area contributed by atoms with Gasteiger partial charge in [-0.1, -0.05) is 68.8 Å². The lowest BCUT2D eigenvalue weighted by molar-refractivity contribution is 0.0991. The zero-order chi connectivity index (χ0) is 20.6. The Hall–Kier alpha value is -3.14. The number of aryl methyl sites for hydroxylation is 1. The highest BCUT2D eigenvalue weighted by Crippen LogP contribution is 2.29. The van der Waals surface area contributed by atoms with Gasteiger partial charge in [0.2, 0.25) is 0 Å². The molecule has 0 aromatic heterocycles. The summed E-state index contributed by atoms with van der Waals surface area (Å²) in [6.07, 6.45) is 2.08. The molecule has 0 N–H and O–H groups in total. The van der Waals surface area contributed by atoms with Gasteiger partial charge in [-0.05, 0) is 47.2 Å². The van der Waals surface area contributed by atoms with E-state index in [2.05, 4.69) is 31.2 Å². The molecule has 0 radical (unpaired) electrons. The van der Waals surface area contributed by atoms with Gasteiger partial charge in [0.25, 0.3) is 0 Å². The lowest BCUT2D eigenvalue weighted by Gasteiger charge is -2.09. The van der Waals surface area contributed by atoms with Crippen molar-refractivity contribution >= 4 is 6.16 Å². The Morgan fingerprint density at radius 1 is 0.828 bits per heavy atom. The third-order valence-corrected chi connectivity index (χ3v) is 4.59. The number of ether oxygens (including phenoxy) is 2. The van der Waals surface area contributed by atoms with Crippen LogP contribution in [-0.2, 0) is 11.2 Å². The molecule has 0 aliphatic rings. The zero-order valence-corrected chi connectivity index (χ0v) is 16.8. The predicted octanol–water partition coefficient (Wildman–Crippen LogP) is 7.04. The summed E-state index contributed by atoms with van der Waals surface area (Å²) in [4.78, 5) is 11.5. The number of rotatable bonds is 7. The van der Waals surface area contributed by atoms with E-state index in [0.717, 1.165) is 29.5 Å². The van der Waals surface area contributed by atoms with Crippen LogP contribution in [0.1, 0.15) is 32.3 Å². The molecule has 150 valence electrons. The molecule has 0 aliphatic heterocycles. The monoisotopic (exact) mass is 392 g/mol. The molecular formula is C25H25FO3. The summed E-state index contributed by atoms with van der Waals surface area (Å²) >= 11 is 0. The van der Waals surface area contributed by atoms with Crippen LogP contribution in [0.4, 0.5) is 9.18 Å². The van der Waals surface area contributed by atoms with Crippen LogP contribution >= 0.6 is 0 Å². The van der Waals surface area contributed by atoms with Gasteiger partial charge in [0.05, 0.1) is 6.61 Å². The van der Waals surface area contributed by atoms with Crippen molar-refractivity contribution < 1.29 is 18.7 Å². The first-order valence-corrected chi connectivity index (χ1v) is 9.94. The Labute approximate surface area is 171 Å². The van der Waals surface area contributed by atoms with Crippen LogP contribution in [0, 0.1) is 5.82 Å². The van der Waals surface area contributed by atoms with Crippen molar-refractivity contribution in [3.8, 4) is 28.0 Å². The molecule has 0 heterocycles. The lowest BCUT2D eigenvalue weighted by Crippen LogP contribution is -2.11. The maximum Gasteiger partial charge on any atom is 0.513 e. The van der Waals surface area contributed by atoms with Crippen LogP contribution in [0.25, 0.3) is 22.3 Å². The third-order valence-electron chi connectivity index (χ3n) is 4.59. The molecule has 0 unspecified atom stereocenters. The van der Waals surface area contributed by atoms with Crippen molar-refractivity contribution in [2.45, 2.75) is 33.1 Å². The Balaban J connectivity index is 1.73. The second-order valence-electron chi connectivity index (χ2n) is 6.87. The van der Waals surface area contributed by atoms with Crippen molar-refractivity contribution in [1.82, 2.24) is 0 Å². The number of carbonyl (C=O) groups is 1. The van der Waals surface area contributed by atoms with E-state index in [9.17, 15) is 9.18 Å². The first kappa shape index (κ1) is 20.6. The minimum atomic E-state index is -0.826. The topological polar surface area (TPSA) is 35.5 Å². The third kappa shape index (κ3) is 5.44. The smallest absolute Gasteiger partial charge is 0.434 e. The average molecular weight is 392 g/mol. The van der Waals surface area contributed by atoms with Crippen molar-refractivity contribution in [3.63, 3.8) is 0 Å². The Morgan fingerprint density at radius 2 is 1.45 bits per heavy atom. The minimum Gasteiger partial charge on any atom is -0.434 e. The summed E-state index contributed by atoms with van der Waals surface area (Å²) in [7, 11) is 0. The van der Waals surface area contributed by atoms with E-state index in [0.29, 0.717) is 12.0 Å². The van der Waals surface area contributed by atoms with Crippen LogP contribution in [0.3, 0.4) is 0 Å².